The van der Waals surface area contributed by atoms with Crippen molar-refractivity contribution in [2.24, 2.45) is 0 Å². The number of phenolic OH excluding ortho intramolecular Hbond substituents is 1. The number of halogens is 2. The number of anilines is 1. The van der Waals surface area contributed by atoms with Gasteiger partial charge in [-0.2, -0.15) is 0 Å². The second kappa shape index (κ2) is 5.40. The van der Waals surface area contributed by atoms with Gasteiger partial charge in [0, 0.05) is 18.2 Å². The number of carbonyl (C=O) groups is 1. The van der Waals surface area contributed by atoms with E-state index in [1.54, 1.807) is 24.3 Å². The lowest BCUT2D eigenvalue weighted by Gasteiger charge is -2.08. The Morgan fingerprint density at radius 3 is 2.47 bits per heavy atom. The van der Waals surface area contributed by atoms with Crippen molar-refractivity contribution in [3.63, 3.8) is 0 Å². The summed E-state index contributed by atoms with van der Waals surface area (Å²) in [4.78, 5) is 10.9. The van der Waals surface area contributed by atoms with Gasteiger partial charge in [-0.05, 0) is 45.8 Å². The quantitative estimate of drug-likeness (QED) is 0.880. The van der Waals surface area contributed by atoms with E-state index in [1.165, 1.54) is 19.1 Å². The van der Waals surface area contributed by atoms with Crippen LogP contribution in [-0.4, -0.2) is 11.0 Å². The Hall–Kier alpha value is -1.88. The number of hydrogen-bond donors (Lipinski definition) is 2. The van der Waals surface area contributed by atoms with Crippen molar-refractivity contribution in [2.75, 3.05) is 5.32 Å². The van der Waals surface area contributed by atoms with Crippen LogP contribution in [0.25, 0.3) is 11.1 Å². The smallest absolute Gasteiger partial charge is 0.221 e. The van der Waals surface area contributed by atoms with Gasteiger partial charge in [-0.25, -0.2) is 4.39 Å². The van der Waals surface area contributed by atoms with Crippen LogP contribution in [0.3, 0.4) is 0 Å². The lowest BCUT2D eigenvalue weighted by Crippen LogP contribution is -2.05. The highest BCUT2D eigenvalue weighted by molar-refractivity contribution is 9.10. The third-order valence-electron chi connectivity index (χ3n) is 2.54. The first-order valence-electron chi connectivity index (χ1n) is 5.53. The summed E-state index contributed by atoms with van der Waals surface area (Å²) in [5.41, 5.74) is 1.69. The van der Waals surface area contributed by atoms with Crippen molar-refractivity contribution in [3.05, 3.63) is 46.7 Å². The molecule has 0 aromatic heterocycles. The van der Waals surface area contributed by atoms with Crippen molar-refractivity contribution >= 4 is 27.5 Å². The monoisotopic (exact) mass is 323 g/mol. The summed E-state index contributed by atoms with van der Waals surface area (Å²) in [7, 11) is 0. The number of amides is 1. The minimum atomic E-state index is -0.439. The maximum atomic E-state index is 13.3. The molecule has 0 unspecified atom stereocenters. The van der Waals surface area contributed by atoms with E-state index >= 15 is 0 Å². The molecule has 0 aliphatic heterocycles. The normalized spacial score (nSPS) is 10.3. The van der Waals surface area contributed by atoms with E-state index in [4.69, 9.17) is 0 Å². The Morgan fingerprint density at radius 2 is 1.89 bits per heavy atom. The molecule has 98 valence electrons. The van der Waals surface area contributed by atoms with Gasteiger partial charge in [0.15, 0.2) is 0 Å². The summed E-state index contributed by atoms with van der Waals surface area (Å²) in [6.07, 6.45) is 0. The molecule has 0 atom stereocenters. The van der Waals surface area contributed by atoms with Crippen LogP contribution in [-0.2, 0) is 4.79 Å². The molecule has 0 bridgehead atoms. The maximum Gasteiger partial charge on any atom is 0.221 e. The van der Waals surface area contributed by atoms with Crippen molar-refractivity contribution in [1.82, 2.24) is 0 Å². The van der Waals surface area contributed by atoms with Gasteiger partial charge >= 0.3 is 0 Å². The van der Waals surface area contributed by atoms with Crippen LogP contribution in [0, 0.1) is 5.82 Å². The molecule has 2 aromatic rings. The molecule has 0 saturated heterocycles. The van der Waals surface area contributed by atoms with Gasteiger partial charge in [-0.1, -0.05) is 12.1 Å². The Balaban J connectivity index is 2.40. The summed E-state index contributed by atoms with van der Waals surface area (Å²) in [6, 6.07) is 9.24. The van der Waals surface area contributed by atoms with Crippen LogP contribution in [0.15, 0.2) is 40.9 Å². The zero-order valence-electron chi connectivity index (χ0n) is 10.1. The molecular formula is C14H11BrFNO2. The predicted molar refractivity (Wildman–Crippen MR) is 75.5 cm³/mol. The fourth-order valence-electron chi connectivity index (χ4n) is 1.72. The van der Waals surface area contributed by atoms with Crippen molar-refractivity contribution in [3.8, 4) is 16.9 Å². The van der Waals surface area contributed by atoms with E-state index in [-0.39, 0.29) is 11.7 Å². The van der Waals surface area contributed by atoms with Gasteiger partial charge in [-0.3, -0.25) is 4.79 Å². The molecule has 3 nitrogen and oxygen atoms in total. The lowest BCUT2D eigenvalue weighted by atomic mass is 10.0. The first kappa shape index (κ1) is 13.5. The first-order chi connectivity index (χ1) is 8.97. The van der Waals surface area contributed by atoms with Crippen LogP contribution in [0.1, 0.15) is 6.92 Å². The molecule has 5 heteroatoms. The molecular weight excluding hydrogens is 313 g/mol. The third-order valence-corrected chi connectivity index (χ3v) is 3.15. The third kappa shape index (κ3) is 3.12. The highest BCUT2D eigenvalue weighted by Gasteiger charge is 2.10. The molecule has 0 aliphatic rings. The largest absolute Gasteiger partial charge is 0.506 e. The summed E-state index contributed by atoms with van der Waals surface area (Å²) in [5, 5.41) is 12.5. The number of phenols is 1. The maximum absolute atomic E-state index is 13.3. The molecule has 0 spiro atoms. The van der Waals surface area contributed by atoms with Crippen LogP contribution < -0.4 is 5.32 Å². The molecule has 2 aromatic carbocycles. The molecule has 2 rings (SSSR count). The zero-order valence-corrected chi connectivity index (χ0v) is 11.7. The first-order valence-corrected chi connectivity index (χ1v) is 6.32. The Labute approximate surface area is 118 Å². The van der Waals surface area contributed by atoms with E-state index in [9.17, 15) is 14.3 Å². The standard InChI is InChI=1S/C14H11BrFNO2/c1-8(18)17-11-4-2-9(3-5-11)12-6-10(16)7-13(15)14(12)19/h2-7,19H,1H3,(H,17,18). The number of rotatable bonds is 2. The van der Waals surface area contributed by atoms with Gasteiger partial charge in [0.25, 0.3) is 0 Å². The minimum absolute atomic E-state index is 0.0197. The molecule has 0 saturated carbocycles. The van der Waals surface area contributed by atoms with Crippen LogP contribution in [0.4, 0.5) is 10.1 Å². The van der Waals surface area contributed by atoms with Crippen molar-refractivity contribution in [2.45, 2.75) is 6.92 Å². The highest BCUT2D eigenvalue weighted by Crippen LogP contribution is 2.36. The summed E-state index contributed by atoms with van der Waals surface area (Å²) >= 11 is 3.09. The zero-order chi connectivity index (χ0) is 14.0. The average Bonchev–Trinajstić information content (AvgIpc) is 2.34. The molecule has 0 aliphatic carbocycles. The molecule has 19 heavy (non-hydrogen) atoms. The fraction of sp³-hybridized carbons (Fsp3) is 0.0714. The Morgan fingerprint density at radius 1 is 1.26 bits per heavy atom. The lowest BCUT2D eigenvalue weighted by molar-refractivity contribution is -0.114. The Kier molecular flexibility index (Phi) is 3.85. The molecule has 0 fully saturated rings. The van der Waals surface area contributed by atoms with Crippen LogP contribution in [0.5, 0.6) is 5.75 Å². The molecule has 0 radical (unpaired) electrons. The number of hydrogen-bond acceptors (Lipinski definition) is 2. The van der Waals surface area contributed by atoms with Crippen molar-refractivity contribution < 1.29 is 14.3 Å². The predicted octanol–water partition coefficient (Wildman–Crippen LogP) is 3.92. The second-order valence-electron chi connectivity index (χ2n) is 4.04. The van der Waals surface area contributed by atoms with E-state index in [0.717, 1.165) is 0 Å². The average molecular weight is 324 g/mol. The summed E-state index contributed by atoms with van der Waals surface area (Å²) in [5.74, 6) is -0.622. The summed E-state index contributed by atoms with van der Waals surface area (Å²) in [6.45, 7) is 1.42. The van der Waals surface area contributed by atoms with E-state index in [1.807, 2.05) is 0 Å². The van der Waals surface area contributed by atoms with Gasteiger partial charge in [0.2, 0.25) is 5.91 Å². The van der Waals surface area contributed by atoms with Gasteiger partial charge in [0.05, 0.1) is 4.47 Å². The molecule has 0 heterocycles. The molecule has 2 N–H and O–H groups in total. The van der Waals surface area contributed by atoms with Gasteiger partial charge in [0.1, 0.15) is 11.6 Å². The second-order valence-corrected chi connectivity index (χ2v) is 4.90. The SMILES string of the molecule is CC(=O)Nc1ccc(-c2cc(F)cc(Br)c2O)cc1. The van der Waals surface area contributed by atoms with Crippen LogP contribution >= 0.6 is 15.9 Å². The minimum Gasteiger partial charge on any atom is -0.506 e. The Bertz CT molecular complexity index is 626. The number of nitrogens with one attached hydrogen (secondary N) is 1. The van der Waals surface area contributed by atoms with E-state index in [0.29, 0.717) is 21.3 Å². The highest BCUT2D eigenvalue weighted by atomic mass is 79.9. The molecule has 1 amide bonds. The van der Waals surface area contributed by atoms with Crippen molar-refractivity contribution in [1.29, 1.82) is 0 Å². The van der Waals surface area contributed by atoms with E-state index < -0.39 is 5.82 Å². The number of benzene rings is 2. The fourth-order valence-corrected chi connectivity index (χ4v) is 2.15. The summed E-state index contributed by atoms with van der Waals surface area (Å²) < 4.78 is 13.6. The topological polar surface area (TPSA) is 49.3 Å². The van der Waals surface area contributed by atoms with Gasteiger partial charge in [-0.15, -0.1) is 0 Å². The number of carbonyl (C=O) groups excluding carboxylic acids is 1. The van der Waals surface area contributed by atoms with Crippen LogP contribution in [0.2, 0.25) is 0 Å². The van der Waals surface area contributed by atoms with Gasteiger partial charge < -0.3 is 10.4 Å². The van der Waals surface area contributed by atoms with E-state index in [2.05, 4.69) is 21.2 Å². The number of aromatic hydroxyl groups is 1.